The number of allylic oxidation sites excluding steroid dienone is 2. The van der Waals surface area contributed by atoms with E-state index in [1.54, 1.807) is 18.3 Å². The highest BCUT2D eigenvalue weighted by Crippen LogP contribution is 2.40. The summed E-state index contributed by atoms with van der Waals surface area (Å²) in [7, 11) is 0. The van der Waals surface area contributed by atoms with Gasteiger partial charge in [0, 0.05) is 23.1 Å². The fourth-order valence-corrected chi connectivity index (χ4v) is 3.28. The molecule has 0 saturated heterocycles. The van der Waals surface area contributed by atoms with Gasteiger partial charge in [-0.25, -0.2) is 9.78 Å². The third-order valence-corrected chi connectivity index (χ3v) is 5.08. The third kappa shape index (κ3) is 4.31. The number of rotatable bonds is 5. The number of aromatic nitrogens is 2. The molecule has 0 fully saturated rings. The highest BCUT2D eigenvalue weighted by atomic mass is 16.4. The molecule has 1 aliphatic rings. The zero-order valence-electron chi connectivity index (χ0n) is 16.2. The van der Waals surface area contributed by atoms with Crippen LogP contribution in [0.5, 0.6) is 0 Å². The predicted octanol–water partition coefficient (Wildman–Crippen LogP) is 3.68. The average Bonchev–Trinajstić information content (AvgIpc) is 3.08. The molecular weight excluding hydrogens is 358 g/mol. The number of carboxylic acids is 1. The molecule has 0 radical (unpaired) electrons. The van der Waals surface area contributed by atoms with Crippen LogP contribution in [0.3, 0.4) is 0 Å². The lowest BCUT2D eigenvalue weighted by Gasteiger charge is -2.29. The Morgan fingerprint density at radius 2 is 2.07 bits per heavy atom. The maximum absolute atomic E-state index is 12.5. The molecule has 0 spiro atoms. The van der Waals surface area contributed by atoms with Gasteiger partial charge in [0.25, 0.3) is 5.91 Å². The monoisotopic (exact) mass is 383 g/mol. The molecule has 1 heterocycles. The van der Waals surface area contributed by atoms with Crippen LogP contribution in [0.2, 0.25) is 0 Å². The number of hydrogen-bond acceptors (Lipinski definition) is 4. The van der Waals surface area contributed by atoms with Crippen LogP contribution in [0.25, 0.3) is 5.57 Å². The first-order valence-electron chi connectivity index (χ1n) is 9.23. The van der Waals surface area contributed by atoms with Crippen molar-refractivity contribution < 1.29 is 19.8 Å². The summed E-state index contributed by atoms with van der Waals surface area (Å²) >= 11 is 0. The Kier molecular flexibility index (Phi) is 5.38. The molecule has 28 heavy (non-hydrogen) atoms. The van der Waals surface area contributed by atoms with Crippen LogP contribution in [-0.4, -0.2) is 32.1 Å². The molecule has 1 aromatic heterocycles. The number of imidazole rings is 1. The zero-order valence-corrected chi connectivity index (χ0v) is 16.2. The maximum Gasteiger partial charge on any atom is 0.337 e. The van der Waals surface area contributed by atoms with Crippen LogP contribution in [0.15, 0.2) is 30.5 Å². The number of carboxylic acid groups (broad SMARTS) is 1. The first-order valence-corrected chi connectivity index (χ1v) is 9.23. The Labute approximate surface area is 163 Å². The van der Waals surface area contributed by atoms with Gasteiger partial charge in [0.05, 0.1) is 0 Å². The summed E-state index contributed by atoms with van der Waals surface area (Å²) in [5.41, 5.74) is 3.58. The van der Waals surface area contributed by atoms with E-state index in [1.165, 1.54) is 6.07 Å². The molecule has 7 nitrogen and oxygen atoms in total. The molecule has 0 saturated carbocycles. The van der Waals surface area contributed by atoms with E-state index < -0.39 is 12.1 Å². The molecular formula is C21H25N3O4. The summed E-state index contributed by atoms with van der Waals surface area (Å²) in [5.74, 6) is -1.48. The molecule has 1 aliphatic carbocycles. The number of H-pyrrole nitrogens is 1. The molecule has 1 unspecified atom stereocenters. The van der Waals surface area contributed by atoms with E-state index in [4.69, 9.17) is 5.11 Å². The molecule has 1 atom stereocenters. The second kappa shape index (κ2) is 7.59. The molecule has 3 rings (SSSR count). The summed E-state index contributed by atoms with van der Waals surface area (Å²) in [6.07, 6.45) is 4.77. The topological polar surface area (TPSA) is 115 Å². The Hall–Kier alpha value is -2.93. The van der Waals surface area contributed by atoms with Crippen molar-refractivity contribution in [2.75, 3.05) is 5.32 Å². The Balaban J connectivity index is 1.97. The number of carbonyl (C=O) groups excluding carboxylic acids is 1. The molecule has 148 valence electrons. The number of amides is 1. The standard InChI is InChI=1S/C21H25N3O4/c1-12-11-22-18(23-12)19(26)24-16-5-4-14(17(25)20(27)28)10-15(16)13-6-8-21(2,3)9-7-13/h4-6,10-11,17,25H,7-9H2,1-3H3,(H,22,23)(H,24,26)(H,27,28). The van der Waals surface area contributed by atoms with Crippen molar-refractivity contribution in [1.82, 2.24) is 9.97 Å². The van der Waals surface area contributed by atoms with Crippen molar-refractivity contribution in [1.29, 1.82) is 0 Å². The van der Waals surface area contributed by atoms with E-state index >= 15 is 0 Å². The Morgan fingerprint density at radius 3 is 2.64 bits per heavy atom. The summed E-state index contributed by atoms with van der Waals surface area (Å²) in [6, 6.07) is 4.79. The lowest BCUT2D eigenvalue weighted by atomic mass is 9.76. The first kappa shape index (κ1) is 19.8. The van der Waals surface area contributed by atoms with Crippen LogP contribution in [-0.2, 0) is 4.79 Å². The number of carbonyl (C=O) groups is 2. The normalized spacial score (nSPS) is 16.9. The van der Waals surface area contributed by atoms with Crippen molar-refractivity contribution in [3.8, 4) is 0 Å². The van der Waals surface area contributed by atoms with Gasteiger partial charge in [0.15, 0.2) is 11.9 Å². The quantitative estimate of drug-likeness (QED) is 0.629. The molecule has 7 heteroatoms. The van der Waals surface area contributed by atoms with E-state index in [0.29, 0.717) is 5.69 Å². The van der Waals surface area contributed by atoms with Gasteiger partial charge in [-0.05, 0) is 54.9 Å². The van der Waals surface area contributed by atoms with Crippen LogP contribution in [0.1, 0.15) is 66.7 Å². The van der Waals surface area contributed by atoms with Gasteiger partial charge < -0.3 is 20.5 Å². The Morgan fingerprint density at radius 1 is 1.32 bits per heavy atom. The number of nitrogens with zero attached hydrogens (tertiary/aromatic N) is 1. The minimum atomic E-state index is -1.61. The van der Waals surface area contributed by atoms with E-state index in [-0.39, 0.29) is 22.7 Å². The van der Waals surface area contributed by atoms with Gasteiger partial charge in [0.1, 0.15) is 0 Å². The fourth-order valence-electron chi connectivity index (χ4n) is 3.28. The fraction of sp³-hybridized carbons (Fsp3) is 0.381. The van der Waals surface area contributed by atoms with Gasteiger partial charge in [-0.1, -0.05) is 26.0 Å². The minimum Gasteiger partial charge on any atom is -0.479 e. The van der Waals surface area contributed by atoms with E-state index in [2.05, 4.69) is 35.2 Å². The van der Waals surface area contributed by atoms with E-state index in [0.717, 1.165) is 36.1 Å². The molecule has 0 aliphatic heterocycles. The Bertz CT molecular complexity index is 943. The number of aromatic amines is 1. The van der Waals surface area contributed by atoms with Crippen molar-refractivity contribution in [3.05, 3.63) is 53.1 Å². The molecule has 1 aromatic carbocycles. The first-order chi connectivity index (χ1) is 13.2. The summed E-state index contributed by atoms with van der Waals surface area (Å²) in [6.45, 7) is 6.21. The lowest BCUT2D eigenvalue weighted by Crippen LogP contribution is -2.18. The molecule has 2 aromatic rings. The van der Waals surface area contributed by atoms with Gasteiger partial charge in [0.2, 0.25) is 0 Å². The number of hydrogen-bond donors (Lipinski definition) is 4. The number of aryl methyl sites for hydroxylation is 1. The smallest absolute Gasteiger partial charge is 0.337 e. The minimum absolute atomic E-state index is 0.205. The van der Waals surface area contributed by atoms with Gasteiger partial charge in [-0.3, -0.25) is 4.79 Å². The SMILES string of the molecule is Cc1cnc(C(=O)Nc2ccc(C(O)C(=O)O)cc2C2=CCC(C)(C)CC2)[nH]1. The number of aliphatic carboxylic acids is 1. The maximum atomic E-state index is 12.5. The van der Waals surface area contributed by atoms with Crippen molar-refractivity contribution in [3.63, 3.8) is 0 Å². The second-order valence-corrected chi connectivity index (χ2v) is 8.01. The van der Waals surface area contributed by atoms with Gasteiger partial charge in [-0.2, -0.15) is 0 Å². The molecule has 4 N–H and O–H groups in total. The van der Waals surface area contributed by atoms with Crippen molar-refractivity contribution in [2.45, 2.75) is 46.1 Å². The number of aliphatic hydroxyl groups excluding tert-OH is 1. The molecule has 0 bridgehead atoms. The summed E-state index contributed by atoms with van der Waals surface area (Å²) < 4.78 is 0. The zero-order chi connectivity index (χ0) is 20.5. The van der Waals surface area contributed by atoms with E-state index in [9.17, 15) is 14.7 Å². The summed E-state index contributed by atoms with van der Waals surface area (Å²) in [4.78, 5) is 30.6. The third-order valence-electron chi connectivity index (χ3n) is 5.08. The largest absolute Gasteiger partial charge is 0.479 e. The highest BCUT2D eigenvalue weighted by Gasteiger charge is 2.25. The second-order valence-electron chi connectivity index (χ2n) is 8.01. The average molecular weight is 383 g/mol. The summed E-state index contributed by atoms with van der Waals surface area (Å²) in [5, 5.41) is 21.9. The van der Waals surface area contributed by atoms with Crippen LogP contribution < -0.4 is 5.32 Å². The van der Waals surface area contributed by atoms with Crippen LogP contribution >= 0.6 is 0 Å². The van der Waals surface area contributed by atoms with Crippen LogP contribution in [0, 0.1) is 12.3 Å². The van der Waals surface area contributed by atoms with Crippen molar-refractivity contribution >= 4 is 23.1 Å². The van der Waals surface area contributed by atoms with Gasteiger partial charge in [-0.15, -0.1) is 0 Å². The lowest BCUT2D eigenvalue weighted by molar-refractivity contribution is -0.146. The van der Waals surface area contributed by atoms with Crippen molar-refractivity contribution in [2.24, 2.45) is 5.41 Å². The van der Waals surface area contributed by atoms with E-state index in [1.807, 2.05) is 6.92 Å². The number of benzene rings is 1. The molecule has 1 amide bonds. The highest BCUT2D eigenvalue weighted by molar-refractivity contribution is 6.03. The number of anilines is 1. The number of nitrogens with one attached hydrogen (secondary N) is 2. The number of aliphatic hydroxyl groups is 1. The van der Waals surface area contributed by atoms with Gasteiger partial charge >= 0.3 is 5.97 Å². The predicted molar refractivity (Wildman–Crippen MR) is 106 cm³/mol. The van der Waals surface area contributed by atoms with Crippen LogP contribution in [0.4, 0.5) is 5.69 Å².